The minimum atomic E-state index is -1.30. The van der Waals surface area contributed by atoms with E-state index in [0.29, 0.717) is 47.9 Å². The van der Waals surface area contributed by atoms with Gasteiger partial charge in [0.05, 0.1) is 23.1 Å². The smallest absolute Gasteiger partial charge is 0.181 e. The number of hydrogen-bond donors (Lipinski definition) is 1. The molecular weight excluding hydrogens is 372 g/mol. The van der Waals surface area contributed by atoms with Gasteiger partial charge in [0.1, 0.15) is 11.0 Å². The van der Waals surface area contributed by atoms with E-state index in [1.54, 1.807) is 12.1 Å². The van der Waals surface area contributed by atoms with Gasteiger partial charge in [-0.1, -0.05) is 41.9 Å². The Kier molecular flexibility index (Phi) is 5.12. The number of nitrogens with one attached hydrogen (secondary N) is 1. The van der Waals surface area contributed by atoms with E-state index in [0.717, 1.165) is 11.1 Å². The van der Waals surface area contributed by atoms with Gasteiger partial charge in [-0.05, 0) is 18.2 Å². The van der Waals surface area contributed by atoms with Crippen LogP contribution in [0.5, 0.6) is 0 Å². The quantitative estimate of drug-likeness (QED) is 0.745. The van der Waals surface area contributed by atoms with Crippen LogP contribution in [-0.4, -0.2) is 50.0 Å². The molecule has 1 atom stereocenters. The van der Waals surface area contributed by atoms with Gasteiger partial charge < -0.3 is 4.74 Å². The van der Waals surface area contributed by atoms with Crippen LogP contribution in [0.15, 0.2) is 53.4 Å². The second kappa shape index (κ2) is 7.67. The molecule has 1 unspecified atom stereocenters. The molecule has 1 saturated heterocycles. The summed E-state index contributed by atoms with van der Waals surface area (Å²) in [4.78, 5) is 5.12. The molecule has 1 fully saturated rings. The van der Waals surface area contributed by atoms with E-state index < -0.39 is 11.0 Å². The maximum atomic E-state index is 12.7. The van der Waals surface area contributed by atoms with Crippen molar-refractivity contribution >= 4 is 22.6 Å². The zero-order valence-electron chi connectivity index (χ0n) is 13.9. The van der Waals surface area contributed by atoms with Crippen LogP contribution in [0, 0.1) is 0 Å². The maximum Gasteiger partial charge on any atom is 0.181 e. The molecular formula is C18H17ClN4O2S. The summed E-state index contributed by atoms with van der Waals surface area (Å²) in [5.74, 6) is 1.24. The number of benzene rings is 2. The lowest BCUT2D eigenvalue weighted by molar-refractivity contribution is 0.0752. The number of ether oxygens (including phenoxy) is 1. The fraction of sp³-hybridized carbons (Fsp3) is 0.222. The zero-order valence-corrected chi connectivity index (χ0v) is 15.5. The van der Waals surface area contributed by atoms with Crippen molar-refractivity contribution in [2.75, 3.05) is 26.3 Å². The maximum absolute atomic E-state index is 12.7. The Morgan fingerprint density at radius 1 is 1.08 bits per heavy atom. The van der Waals surface area contributed by atoms with Crippen LogP contribution >= 0.6 is 11.6 Å². The van der Waals surface area contributed by atoms with Crippen molar-refractivity contribution in [2.24, 2.45) is 0 Å². The van der Waals surface area contributed by atoms with E-state index in [1.165, 1.54) is 0 Å². The Balaban J connectivity index is 1.58. The highest BCUT2D eigenvalue weighted by Gasteiger charge is 2.21. The number of morpholine rings is 1. The first kappa shape index (κ1) is 17.4. The van der Waals surface area contributed by atoms with Crippen molar-refractivity contribution in [3.05, 3.63) is 53.6 Å². The standard InChI is InChI=1S/C18H17ClN4O2S/c19-15-12-14(6-7-16(15)26(24)23-8-10-25-11-9-23)18-20-17(21-22-18)13-4-2-1-3-5-13/h1-7,12H,8-11H2,(H,20,21,22). The first-order valence-corrected chi connectivity index (χ1v) is 9.73. The van der Waals surface area contributed by atoms with Crippen molar-refractivity contribution < 1.29 is 8.95 Å². The number of rotatable bonds is 4. The van der Waals surface area contributed by atoms with Gasteiger partial charge >= 0.3 is 0 Å². The molecule has 6 nitrogen and oxygen atoms in total. The molecule has 134 valence electrons. The average Bonchev–Trinajstić information content (AvgIpc) is 3.19. The van der Waals surface area contributed by atoms with E-state index >= 15 is 0 Å². The second-order valence-electron chi connectivity index (χ2n) is 5.81. The van der Waals surface area contributed by atoms with Gasteiger partial charge in [0, 0.05) is 24.2 Å². The summed E-state index contributed by atoms with van der Waals surface area (Å²) < 4.78 is 19.9. The summed E-state index contributed by atoms with van der Waals surface area (Å²) in [6.45, 7) is 2.43. The fourth-order valence-corrected chi connectivity index (χ4v) is 4.30. The Hall–Kier alpha value is -2.06. The molecule has 0 aliphatic carbocycles. The molecule has 1 aliphatic rings. The summed E-state index contributed by atoms with van der Waals surface area (Å²) >= 11 is 6.40. The van der Waals surface area contributed by atoms with Crippen LogP contribution in [0.25, 0.3) is 22.8 Å². The highest BCUT2D eigenvalue weighted by atomic mass is 35.5. The van der Waals surface area contributed by atoms with Gasteiger partial charge in [0.15, 0.2) is 11.6 Å². The highest BCUT2D eigenvalue weighted by Crippen LogP contribution is 2.28. The van der Waals surface area contributed by atoms with E-state index in [-0.39, 0.29) is 0 Å². The van der Waals surface area contributed by atoms with Gasteiger partial charge in [0.25, 0.3) is 0 Å². The lowest BCUT2D eigenvalue weighted by Gasteiger charge is -2.25. The minimum Gasteiger partial charge on any atom is -0.379 e. The third kappa shape index (κ3) is 3.57. The number of halogens is 1. The van der Waals surface area contributed by atoms with Gasteiger partial charge in [-0.2, -0.15) is 5.10 Å². The fourth-order valence-electron chi connectivity index (χ4n) is 2.75. The molecule has 4 rings (SSSR count). The summed E-state index contributed by atoms with van der Waals surface area (Å²) in [6, 6.07) is 15.2. The number of nitrogens with zero attached hydrogens (tertiary/aromatic N) is 3. The lowest BCUT2D eigenvalue weighted by Crippen LogP contribution is -2.37. The third-order valence-electron chi connectivity index (χ3n) is 4.12. The van der Waals surface area contributed by atoms with Crippen LogP contribution in [-0.2, 0) is 15.7 Å². The van der Waals surface area contributed by atoms with Gasteiger partial charge in [-0.15, -0.1) is 0 Å². The first-order valence-electron chi connectivity index (χ1n) is 8.25. The Bertz CT molecular complexity index is 926. The molecule has 0 spiro atoms. The summed E-state index contributed by atoms with van der Waals surface area (Å²) in [5.41, 5.74) is 1.73. The molecule has 0 amide bonds. The van der Waals surface area contributed by atoms with E-state index in [4.69, 9.17) is 16.3 Å². The van der Waals surface area contributed by atoms with Crippen molar-refractivity contribution in [2.45, 2.75) is 4.90 Å². The second-order valence-corrected chi connectivity index (χ2v) is 7.67. The van der Waals surface area contributed by atoms with Crippen LogP contribution < -0.4 is 0 Å². The lowest BCUT2D eigenvalue weighted by atomic mass is 10.2. The Morgan fingerprint density at radius 3 is 2.58 bits per heavy atom. The van der Waals surface area contributed by atoms with Crippen LogP contribution in [0.2, 0.25) is 5.02 Å². The first-order chi connectivity index (χ1) is 12.7. The number of aromatic amines is 1. The van der Waals surface area contributed by atoms with Gasteiger partial charge in [-0.25, -0.2) is 13.5 Å². The molecule has 1 aliphatic heterocycles. The molecule has 0 bridgehead atoms. The van der Waals surface area contributed by atoms with Crippen molar-refractivity contribution in [3.63, 3.8) is 0 Å². The van der Waals surface area contributed by atoms with Gasteiger partial charge in [-0.3, -0.25) is 5.10 Å². The predicted molar refractivity (Wildman–Crippen MR) is 101 cm³/mol. The van der Waals surface area contributed by atoms with Crippen LogP contribution in [0.3, 0.4) is 0 Å². The zero-order chi connectivity index (χ0) is 17.9. The van der Waals surface area contributed by atoms with E-state index in [1.807, 2.05) is 40.7 Å². The highest BCUT2D eigenvalue weighted by molar-refractivity contribution is 7.82. The Morgan fingerprint density at radius 2 is 1.85 bits per heavy atom. The van der Waals surface area contributed by atoms with Crippen molar-refractivity contribution in [1.29, 1.82) is 0 Å². The minimum absolute atomic E-state index is 0.443. The van der Waals surface area contributed by atoms with Gasteiger partial charge in [0.2, 0.25) is 0 Å². The van der Waals surface area contributed by atoms with Crippen LogP contribution in [0.1, 0.15) is 0 Å². The number of aromatic nitrogens is 3. The summed E-state index contributed by atoms with van der Waals surface area (Å²) in [6.07, 6.45) is 0. The molecule has 8 heteroatoms. The molecule has 2 heterocycles. The summed E-state index contributed by atoms with van der Waals surface area (Å²) in [5, 5.41) is 7.66. The SMILES string of the molecule is O=S(c1ccc(-c2n[nH]c(-c3ccccc3)n2)cc1Cl)N1CCOCC1. The van der Waals surface area contributed by atoms with E-state index in [2.05, 4.69) is 15.2 Å². The normalized spacial score (nSPS) is 16.5. The van der Waals surface area contributed by atoms with Crippen LogP contribution in [0.4, 0.5) is 0 Å². The molecule has 0 radical (unpaired) electrons. The topological polar surface area (TPSA) is 71.1 Å². The third-order valence-corrected chi connectivity index (χ3v) is 6.11. The monoisotopic (exact) mass is 388 g/mol. The number of hydrogen-bond acceptors (Lipinski definition) is 4. The predicted octanol–water partition coefficient (Wildman–Crippen LogP) is 3.15. The molecule has 0 saturated carbocycles. The summed E-state index contributed by atoms with van der Waals surface area (Å²) in [7, 11) is -1.30. The van der Waals surface area contributed by atoms with Crippen molar-refractivity contribution in [3.8, 4) is 22.8 Å². The molecule has 1 aromatic heterocycles. The average molecular weight is 389 g/mol. The van der Waals surface area contributed by atoms with E-state index in [9.17, 15) is 4.21 Å². The molecule has 3 aromatic rings. The largest absolute Gasteiger partial charge is 0.379 e. The number of H-pyrrole nitrogens is 1. The molecule has 1 N–H and O–H groups in total. The molecule has 2 aromatic carbocycles. The van der Waals surface area contributed by atoms with Crippen molar-refractivity contribution in [1.82, 2.24) is 19.5 Å². The Labute approximate surface area is 158 Å². The molecule has 26 heavy (non-hydrogen) atoms.